The maximum atomic E-state index is 10.1. The van der Waals surface area contributed by atoms with Crippen molar-refractivity contribution in [1.82, 2.24) is 20.0 Å². The second kappa shape index (κ2) is 6.83. The van der Waals surface area contributed by atoms with E-state index >= 15 is 0 Å². The molecule has 0 aliphatic heterocycles. The number of hydrogen-bond donors (Lipinski definition) is 2. The fourth-order valence-electron chi connectivity index (χ4n) is 2.69. The molecule has 0 unspecified atom stereocenters. The van der Waals surface area contributed by atoms with E-state index in [1.165, 1.54) is 0 Å². The summed E-state index contributed by atoms with van der Waals surface area (Å²) < 4.78 is 7.59. The second-order valence-electron chi connectivity index (χ2n) is 5.84. The largest absolute Gasteiger partial charge is 0.490 e. The molecule has 23 heavy (non-hydrogen) atoms. The van der Waals surface area contributed by atoms with Gasteiger partial charge >= 0.3 is 0 Å². The first-order valence-corrected chi connectivity index (χ1v) is 7.86. The van der Waals surface area contributed by atoms with Crippen LogP contribution in [-0.2, 0) is 13.5 Å². The molecule has 6 nitrogen and oxygen atoms in total. The number of aliphatic hydroxyl groups is 1. The van der Waals surface area contributed by atoms with Gasteiger partial charge in [0.15, 0.2) is 0 Å². The molecule has 3 rings (SSSR count). The number of aromatic amines is 1. The number of rotatable bonds is 7. The Morgan fingerprint density at radius 2 is 2.22 bits per heavy atom. The van der Waals surface area contributed by atoms with Gasteiger partial charge in [-0.25, -0.2) is 0 Å². The first kappa shape index (κ1) is 15.6. The topological polar surface area (TPSA) is 76.0 Å². The van der Waals surface area contributed by atoms with Crippen molar-refractivity contribution in [2.45, 2.75) is 32.3 Å². The minimum Gasteiger partial charge on any atom is -0.490 e. The van der Waals surface area contributed by atoms with Crippen molar-refractivity contribution in [3.05, 3.63) is 41.9 Å². The molecule has 1 atom stereocenters. The summed E-state index contributed by atoms with van der Waals surface area (Å²) in [5, 5.41) is 22.6. The molecule has 2 aromatic heterocycles. The standard InChI is InChI=1S/C17H22N4O2/c1-12-17-15(19-18-12)7-4-8-16(17)23-11-14(22)6-3-5-13-9-10-21(2)20-13/h4,7-10,14,22H,3,5-6,11H2,1-2H3,(H,18,19)/t14-/m0/s1. The van der Waals surface area contributed by atoms with E-state index in [-0.39, 0.29) is 6.61 Å². The Balaban J connectivity index is 1.50. The van der Waals surface area contributed by atoms with E-state index in [0.717, 1.165) is 40.9 Å². The van der Waals surface area contributed by atoms with Crippen molar-refractivity contribution in [3.63, 3.8) is 0 Å². The third-order valence-corrected chi connectivity index (χ3v) is 3.89. The number of H-pyrrole nitrogens is 1. The summed E-state index contributed by atoms with van der Waals surface area (Å²) in [5.41, 5.74) is 2.91. The first-order valence-electron chi connectivity index (χ1n) is 7.86. The van der Waals surface area contributed by atoms with Crippen molar-refractivity contribution in [1.29, 1.82) is 0 Å². The molecule has 0 aliphatic carbocycles. The molecule has 0 spiro atoms. The van der Waals surface area contributed by atoms with Gasteiger partial charge in [-0.3, -0.25) is 9.78 Å². The predicted molar refractivity (Wildman–Crippen MR) is 88.5 cm³/mol. The Morgan fingerprint density at radius 3 is 3.00 bits per heavy atom. The summed E-state index contributed by atoms with van der Waals surface area (Å²) in [6.45, 7) is 2.25. The van der Waals surface area contributed by atoms with Crippen LogP contribution in [0, 0.1) is 6.92 Å². The molecule has 2 heterocycles. The van der Waals surface area contributed by atoms with Gasteiger partial charge < -0.3 is 9.84 Å². The third kappa shape index (κ3) is 3.71. The Kier molecular flexibility index (Phi) is 4.62. The summed E-state index contributed by atoms with van der Waals surface area (Å²) in [7, 11) is 1.91. The molecule has 0 bridgehead atoms. The molecule has 0 fully saturated rings. The van der Waals surface area contributed by atoms with Crippen LogP contribution in [0.15, 0.2) is 30.5 Å². The van der Waals surface area contributed by atoms with Gasteiger partial charge in [0.25, 0.3) is 0 Å². The summed E-state index contributed by atoms with van der Waals surface area (Å²) >= 11 is 0. The Hall–Kier alpha value is -2.34. The Bertz CT molecular complexity index is 778. The highest BCUT2D eigenvalue weighted by molar-refractivity contribution is 5.87. The van der Waals surface area contributed by atoms with Crippen molar-refractivity contribution in [2.75, 3.05) is 6.61 Å². The molecule has 3 aromatic rings. The van der Waals surface area contributed by atoms with Crippen molar-refractivity contribution in [2.24, 2.45) is 7.05 Å². The summed E-state index contributed by atoms with van der Waals surface area (Å²) in [6, 6.07) is 7.76. The van der Waals surface area contributed by atoms with Crippen LogP contribution in [0.2, 0.25) is 0 Å². The van der Waals surface area contributed by atoms with Crippen molar-refractivity contribution < 1.29 is 9.84 Å². The maximum absolute atomic E-state index is 10.1. The molecule has 0 saturated carbocycles. The number of aliphatic hydroxyl groups excluding tert-OH is 1. The van der Waals surface area contributed by atoms with Crippen molar-refractivity contribution >= 4 is 10.9 Å². The lowest BCUT2D eigenvalue weighted by atomic mass is 10.1. The van der Waals surface area contributed by atoms with E-state index in [4.69, 9.17) is 4.74 Å². The molecular weight excluding hydrogens is 292 g/mol. The van der Waals surface area contributed by atoms with E-state index in [1.54, 1.807) is 4.68 Å². The average molecular weight is 314 g/mol. The Morgan fingerprint density at radius 1 is 1.35 bits per heavy atom. The van der Waals surface area contributed by atoms with Crippen LogP contribution in [0.5, 0.6) is 5.75 Å². The van der Waals surface area contributed by atoms with Crippen LogP contribution < -0.4 is 4.74 Å². The molecule has 0 saturated heterocycles. The number of hydrogen-bond acceptors (Lipinski definition) is 4. The van der Waals surface area contributed by atoms with E-state index in [2.05, 4.69) is 15.3 Å². The second-order valence-corrected chi connectivity index (χ2v) is 5.84. The average Bonchev–Trinajstić information content (AvgIpc) is 3.12. The fraction of sp³-hybridized carbons (Fsp3) is 0.412. The number of nitrogens with one attached hydrogen (secondary N) is 1. The van der Waals surface area contributed by atoms with E-state index in [0.29, 0.717) is 6.42 Å². The minimum atomic E-state index is -0.485. The molecule has 0 aliphatic rings. The highest BCUT2D eigenvalue weighted by atomic mass is 16.5. The van der Waals surface area contributed by atoms with Gasteiger partial charge in [0.1, 0.15) is 12.4 Å². The predicted octanol–water partition coefficient (Wildman–Crippen LogP) is 2.37. The van der Waals surface area contributed by atoms with Crippen molar-refractivity contribution in [3.8, 4) is 5.75 Å². The van der Waals surface area contributed by atoms with Gasteiger partial charge in [-0.1, -0.05) is 6.07 Å². The first-order chi connectivity index (χ1) is 11.1. The summed E-state index contributed by atoms with van der Waals surface area (Å²) in [4.78, 5) is 0. The molecule has 122 valence electrons. The van der Waals surface area contributed by atoms with Gasteiger partial charge in [0, 0.05) is 18.9 Å². The zero-order valence-electron chi connectivity index (χ0n) is 13.5. The number of fused-ring (bicyclic) bond motifs is 1. The van der Waals surface area contributed by atoms with Crippen LogP contribution in [0.4, 0.5) is 0 Å². The van der Waals surface area contributed by atoms with Crippen LogP contribution >= 0.6 is 0 Å². The summed E-state index contributed by atoms with van der Waals surface area (Å²) in [6.07, 6.45) is 3.89. The number of nitrogens with zero attached hydrogens (tertiary/aromatic N) is 3. The van der Waals surface area contributed by atoms with Gasteiger partial charge in [-0.15, -0.1) is 0 Å². The van der Waals surface area contributed by atoms with Crippen LogP contribution in [0.3, 0.4) is 0 Å². The smallest absolute Gasteiger partial charge is 0.130 e. The normalized spacial score (nSPS) is 12.7. The van der Waals surface area contributed by atoms with Crippen LogP contribution in [0.25, 0.3) is 10.9 Å². The van der Waals surface area contributed by atoms with Gasteiger partial charge in [-0.05, 0) is 44.4 Å². The molecule has 0 radical (unpaired) electrons. The SMILES string of the molecule is Cc1[nH]nc2cccc(OC[C@@H](O)CCCc3ccn(C)n3)c12. The molecule has 2 N–H and O–H groups in total. The van der Waals surface area contributed by atoms with Crippen LogP contribution in [-0.4, -0.2) is 37.8 Å². The fourth-order valence-corrected chi connectivity index (χ4v) is 2.69. The number of benzene rings is 1. The number of aromatic nitrogens is 4. The molecule has 6 heteroatoms. The molecule has 0 amide bonds. The highest BCUT2D eigenvalue weighted by Crippen LogP contribution is 2.26. The lowest BCUT2D eigenvalue weighted by molar-refractivity contribution is 0.0989. The maximum Gasteiger partial charge on any atom is 0.130 e. The quantitative estimate of drug-likeness (QED) is 0.702. The zero-order chi connectivity index (χ0) is 16.2. The number of ether oxygens (including phenoxy) is 1. The van der Waals surface area contributed by atoms with E-state index in [9.17, 15) is 5.11 Å². The zero-order valence-corrected chi connectivity index (χ0v) is 13.5. The van der Waals surface area contributed by atoms with Gasteiger partial charge in [0.05, 0.1) is 22.7 Å². The minimum absolute atomic E-state index is 0.284. The monoisotopic (exact) mass is 314 g/mol. The lowest BCUT2D eigenvalue weighted by Crippen LogP contribution is -2.17. The number of aryl methyl sites for hydroxylation is 3. The summed E-state index contributed by atoms with van der Waals surface area (Å²) in [5.74, 6) is 0.762. The lowest BCUT2D eigenvalue weighted by Gasteiger charge is -2.13. The third-order valence-electron chi connectivity index (χ3n) is 3.89. The van der Waals surface area contributed by atoms with Gasteiger partial charge in [-0.2, -0.15) is 10.2 Å². The highest BCUT2D eigenvalue weighted by Gasteiger charge is 2.11. The van der Waals surface area contributed by atoms with Crippen LogP contribution in [0.1, 0.15) is 24.2 Å². The van der Waals surface area contributed by atoms with E-state index < -0.39 is 6.10 Å². The van der Waals surface area contributed by atoms with Gasteiger partial charge in [0.2, 0.25) is 0 Å². The molecule has 1 aromatic carbocycles. The van der Waals surface area contributed by atoms with E-state index in [1.807, 2.05) is 44.4 Å². The molecular formula is C17H22N4O2. The Labute approximate surface area is 135 Å².